The van der Waals surface area contributed by atoms with Gasteiger partial charge in [-0.25, -0.2) is 5.84 Å². The summed E-state index contributed by atoms with van der Waals surface area (Å²) in [5.74, 6) is 4.98. The van der Waals surface area contributed by atoms with Crippen LogP contribution in [0.4, 0.5) is 0 Å². The Morgan fingerprint density at radius 3 is 2.82 bits per heavy atom. The van der Waals surface area contributed by atoms with Crippen LogP contribution >= 0.6 is 11.3 Å². The number of carbonyl (C=O) groups excluding carboxylic acids is 1. The second-order valence-electron chi connectivity index (χ2n) is 4.33. The molecule has 2 rings (SSSR count). The van der Waals surface area contributed by atoms with Gasteiger partial charge in [0.2, 0.25) is 0 Å². The van der Waals surface area contributed by atoms with Crippen LogP contribution in [0.2, 0.25) is 0 Å². The van der Waals surface area contributed by atoms with Crippen LogP contribution in [0.3, 0.4) is 0 Å². The maximum atomic E-state index is 11.5. The number of hydrogen-bond acceptors (Lipinski definition) is 5. The molecule has 94 valence electrons. The predicted molar refractivity (Wildman–Crippen MR) is 68.7 cm³/mol. The van der Waals surface area contributed by atoms with Gasteiger partial charge in [0.15, 0.2) is 0 Å². The van der Waals surface area contributed by atoms with Crippen molar-refractivity contribution in [1.82, 2.24) is 15.2 Å². The van der Waals surface area contributed by atoms with Crippen molar-refractivity contribution in [2.24, 2.45) is 5.84 Å². The van der Waals surface area contributed by atoms with Crippen LogP contribution in [0, 0.1) is 0 Å². The van der Waals surface area contributed by atoms with E-state index >= 15 is 0 Å². The predicted octanol–water partition coefficient (Wildman–Crippen LogP) is 0.0990. The largest absolute Gasteiger partial charge is 0.304 e. The molecule has 5 nitrogen and oxygen atoms in total. The van der Waals surface area contributed by atoms with Crippen molar-refractivity contribution in [2.75, 3.05) is 33.2 Å². The number of nitrogens with zero attached hydrogens (tertiary/aromatic N) is 2. The lowest BCUT2D eigenvalue weighted by atomic mass is 10.2. The molecule has 2 heterocycles. The Labute approximate surface area is 105 Å². The number of likely N-dealkylation sites (N-methyl/N-ethyl adjacent to an activating group) is 1. The number of thiophene rings is 1. The molecule has 0 bridgehead atoms. The molecule has 1 aliphatic rings. The summed E-state index contributed by atoms with van der Waals surface area (Å²) in [6, 6.07) is 2.01. The number of hydrogen-bond donors (Lipinski definition) is 2. The van der Waals surface area contributed by atoms with E-state index in [1.807, 2.05) is 11.4 Å². The summed E-state index contributed by atoms with van der Waals surface area (Å²) in [5.41, 5.74) is 3.27. The van der Waals surface area contributed by atoms with Gasteiger partial charge in [0, 0.05) is 32.7 Å². The fraction of sp³-hybridized carbons (Fsp3) is 0.545. The molecule has 0 aromatic carbocycles. The SMILES string of the molecule is CN1CCN(Cc2ccsc2C(=O)NN)CC1. The molecule has 1 aromatic heterocycles. The standard InChI is InChI=1S/C11H18N4OS/c1-14-3-5-15(6-4-14)8-9-2-7-17-10(9)11(16)13-12/h2,7H,3-6,8,12H2,1H3,(H,13,16). The number of carbonyl (C=O) groups is 1. The number of nitrogens with one attached hydrogen (secondary N) is 1. The quantitative estimate of drug-likeness (QED) is 0.456. The Hall–Kier alpha value is -0.950. The molecule has 1 fully saturated rings. The first-order chi connectivity index (χ1) is 8.20. The van der Waals surface area contributed by atoms with Crippen molar-refractivity contribution in [3.63, 3.8) is 0 Å². The van der Waals surface area contributed by atoms with E-state index in [1.165, 1.54) is 11.3 Å². The molecule has 1 aromatic rings. The van der Waals surface area contributed by atoms with E-state index in [1.54, 1.807) is 0 Å². The molecular weight excluding hydrogens is 236 g/mol. The van der Waals surface area contributed by atoms with Crippen molar-refractivity contribution in [1.29, 1.82) is 0 Å². The molecular formula is C11H18N4OS. The highest BCUT2D eigenvalue weighted by Gasteiger charge is 2.18. The topological polar surface area (TPSA) is 61.6 Å². The number of amides is 1. The second-order valence-corrected chi connectivity index (χ2v) is 5.24. The molecule has 0 aliphatic carbocycles. The maximum Gasteiger partial charge on any atom is 0.275 e. The lowest BCUT2D eigenvalue weighted by Crippen LogP contribution is -2.44. The Balaban J connectivity index is 1.99. The number of nitrogens with two attached hydrogens (primary N) is 1. The van der Waals surface area contributed by atoms with E-state index in [2.05, 4.69) is 22.3 Å². The van der Waals surface area contributed by atoms with Gasteiger partial charge in [0.25, 0.3) is 5.91 Å². The Morgan fingerprint density at radius 2 is 2.18 bits per heavy atom. The first-order valence-corrected chi connectivity index (χ1v) is 6.57. The highest BCUT2D eigenvalue weighted by atomic mass is 32.1. The first-order valence-electron chi connectivity index (χ1n) is 5.69. The van der Waals surface area contributed by atoms with Gasteiger partial charge in [-0.3, -0.25) is 15.1 Å². The van der Waals surface area contributed by atoms with E-state index in [-0.39, 0.29) is 5.91 Å². The van der Waals surface area contributed by atoms with E-state index in [4.69, 9.17) is 5.84 Å². The van der Waals surface area contributed by atoms with Crippen LogP contribution in [0.1, 0.15) is 15.2 Å². The zero-order valence-corrected chi connectivity index (χ0v) is 10.8. The molecule has 1 aliphatic heterocycles. The summed E-state index contributed by atoms with van der Waals surface area (Å²) in [4.78, 5) is 17.0. The lowest BCUT2D eigenvalue weighted by Gasteiger charge is -2.32. The van der Waals surface area contributed by atoms with Crippen molar-refractivity contribution < 1.29 is 4.79 Å². The van der Waals surface area contributed by atoms with Gasteiger partial charge in [-0.2, -0.15) is 0 Å². The molecule has 0 unspecified atom stereocenters. The summed E-state index contributed by atoms with van der Waals surface area (Å²) in [6.07, 6.45) is 0. The minimum Gasteiger partial charge on any atom is -0.304 e. The number of hydrazine groups is 1. The maximum absolute atomic E-state index is 11.5. The van der Waals surface area contributed by atoms with E-state index in [9.17, 15) is 4.79 Å². The van der Waals surface area contributed by atoms with Crippen molar-refractivity contribution in [3.8, 4) is 0 Å². The van der Waals surface area contributed by atoms with E-state index in [0.29, 0.717) is 0 Å². The van der Waals surface area contributed by atoms with Gasteiger partial charge in [0.05, 0.1) is 4.88 Å². The summed E-state index contributed by atoms with van der Waals surface area (Å²) in [6.45, 7) is 5.11. The minimum absolute atomic E-state index is 0.191. The van der Waals surface area contributed by atoms with Gasteiger partial charge < -0.3 is 4.90 Å². The zero-order valence-electron chi connectivity index (χ0n) is 9.98. The molecule has 17 heavy (non-hydrogen) atoms. The van der Waals surface area contributed by atoms with Gasteiger partial charge in [-0.15, -0.1) is 11.3 Å². The molecule has 0 saturated carbocycles. The monoisotopic (exact) mass is 254 g/mol. The van der Waals surface area contributed by atoms with E-state index < -0.39 is 0 Å². The van der Waals surface area contributed by atoms with Gasteiger partial charge in [-0.1, -0.05) is 0 Å². The average Bonchev–Trinajstić information content (AvgIpc) is 2.79. The first kappa shape index (κ1) is 12.5. The highest BCUT2D eigenvalue weighted by molar-refractivity contribution is 7.12. The third-order valence-electron chi connectivity index (χ3n) is 3.07. The van der Waals surface area contributed by atoms with Gasteiger partial charge in [-0.05, 0) is 24.1 Å². The molecule has 0 atom stereocenters. The Morgan fingerprint density at radius 1 is 1.47 bits per heavy atom. The summed E-state index contributed by atoms with van der Waals surface area (Å²) in [5, 5.41) is 1.94. The van der Waals surface area contributed by atoms with Crippen molar-refractivity contribution >= 4 is 17.2 Å². The van der Waals surface area contributed by atoms with Gasteiger partial charge in [0.1, 0.15) is 0 Å². The molecule has 0 radical (unpaired) electrons. The summed E-state index contributed by atoms with van der Waals surface area (Å²) >= 11 is 1.44. The number of nitrogen functional groups attached to an aromatic ring is 1. The molecule has 3 N–H and O–H groups in total. The Kier molecular flexibility index (Phi) is 4.11. The van der Waals surface area contributed by atoms with Crippen LogP contribution in [-0.4, -0.2) is 48.9 Å². The summed E-state index contributed by atoms with van der Waals surface area (Å²) < 4.78 is 0. The van der Waals surface area contributed by atoms with Crippen LogP contribution in [-0.2, 0) is 6.54 Å². The lowest BCUT2D eigenvalue weighted by molar-refractivity contribution is 0.0954. The van der Waals surface area contributed by atoms with Crippen LogP contribution < -0.4 is 11.3 Å². The van der Waals surface area contributed by atoms with Crippen LogP contribution in [0.15, 0.2) is 11.4 Å². The average molecular weight is 254 g/mol. The normalized spacial score (nSPS) is 18.2. The van der Waals surface area contributed by atoms with Crippen LogP contribution in [0.5, 0.6) is 0 Å². The fourth-order valence-corrected chi connectivity index (χ4v) is 2.79. The zero-order chi connectivity index (χ0) is 12.3. The molecule has 1 saturated heterocycles. The third kappa shape index (κ3) is 3.04. The van der Waals surface area contributed by atoms with Crippen molar-refractivity contribution in [3.05, 3.63) is 21.9 Å². The highest BCUT2D eigenvalue weighted by Crippen LogP contribution is 2.19. The van der Waals surface area contributed by atoms with Gasteiger partial charge >= 0.3 is 0 Å². The minimum atomic E-state index is -0.191. The van der Waals surface area contributed by atoms with E-state index in [0.717, 1.165) is 43.2 Å². The molecule has 6 heteroatoms. The Bertz CT molecular complexity index is 385. The molecule has 0 spiro atoms. The number of piperazine rings is 1. The summed E-state index contributed by atoms with van der Waals surface area (Å²) in [7, 11) is 2.13. The fourth-order valence-electron chi connectivity index (χ4n) is 1.97. The second kappa shape index (κ2) is 5.59. The molecule has 1 amide bonds. The smallest absolute Gasteiger partial charge is 0.275 e. The third-order valence-corrected chi connectivity index (χ3v) is 4.03. The van der Waals surface area contributed by atoms with Crippen molar-refractivity contribution in [2.45, 2.75) is 6.54 Å². The van der Waals surface area contributed by atoms with Crippen LogP contribution in [0.25, 0.3) is 0 Å². The number of rotatable bonds is 3.